The number of hydrogen-bond donors (Lipinski definition) is 8. The molecule has 143 heavy (non-hydrogen) atoms. The number of nitrogens with two attached hydrogens (primary N) is 1. The van der Waals surface area contributed by atoms with Crippen molar-refractivity contribution in [2.75, 3.05) is 107 Å². The van der Waals surface area contributed by atoms with Crippen LogP contribution in [0.2, 0.25) is 0 Å². The van der Waals surface area contributed by atoms with Crippen molar-refractivity contribution < 1.29 is 119 Å². The number of fused-ring (bicyclic) bond motifs is 8. The molecule has 9 N–H and O–H groups in total. The van der Waals surface area contributed by atoms with Gasteiger partial charge in [-0.3, -0.25) is 93.2 Å². The molecule has 0 unspecified atom stereocenters. The van der Waals surface area contributed by atoms with Crippen LogP contribution < -0.4 is 56.6 Å². The minimum atomic E-state index is -1.59. The second-order valence-electron chi connectivity index (χ2n) is 37.3. The first-order valence-corrected chi connectivity index (χ1v) is 45.9. The summed E-state index contributed by atoms with van der Waals surface area (Å²) in [7, 11) is 8.14. The van der Waals surface area contributed by atoms with Gasteiger partial charge in [-0.2, -0.15) is 0 Å². The van der Waals surface area contributed by atoms with E-state index in [1.807, 2.05) is 42.3 Å². The molecule has 8 aromatic carbocycles. The van der Waals surface area contributed by atoms with Crippen LogP contribution in [0.3, 0.4) is 0 Å². The minimum absolute atomic E-state index is 0.0156. The summed E-state index contributed by atoms with van der Waals surface area (Å²) in [5.74, 6) is -2.16. The maximum absolute atomic E-state index is 13.3. The lowest BCUT2D eigenvalue weighted by molar-refractivity contribution is -0.128. The SMILES string of the molecule is COc1ccc2c(c1)C(=O)N(C[C@@]1(c3cc4cc(/C=N/O)ccc4o3)NC(=O)NC1=O)C2.COc1ccc2c(c1)C(=O)N(C[C@@]1(c3cc4cc(C5(C(N)=O)CC5)ccc4o3)CC(=O)NC1=O)C2.COc1ccc2c(c1)C(=O)N(C[C@@]1(c3cc4ccc(C(=O)N5CCN(C)CC5)cc4o3)CC(=O)NC1=O)C2.COc1ccc2c(c1)C(=O)N(C[C@@]1(c3cc4ccc(C(=O)N5CCNC(=O)C5)cc4o3)CC(=O)NC1=O)C2. The van der Waals surface area contributed by atoms with Gasteiger partial charge in [-0.15, -0.1) is 0 Å². The summed E-state index contributed by atoms with van der Waals surface area (Å²) in [4.78, 5) is 216. The molecule has 12 aromatic rings. The average molecular weight is 1940 g/mol. The second-order valence-corrected chi connectivity index (χ2v) is 37.3. The largest absolute Gasteiger partial charge is 0.497 e. The number of primary amides is 1. The first-order chi connectivity index (χ1) is 68.7. The van der Waals surface area contributed by atoms with Gasteiger partial charge in [-0.05, 0) is 181 Å². The van der Waals surface area contributed by atoms with Crippen LogP contribution in [0.25, 0.3) is 43.9 Å². The Morgan fingerprint density at radius 3 is 1.20 bits per heavy atom. The molecular formula is C103H93N15O25. The highest BCUT2D eigenvalue weighted by Crippen LogP contribution is 2.50. The molecule has 14 heterocycles. The molecule has 0 spiro atoms. The highest BCUT2D eigenvalue weighted by Gasteiger charge is 2.59. The molecule has 1 aliphatic carbocycles. The Morgan fingerprint density at radius 1 is 0.406 bits per heavy atom. The molecule has 1 saturated carbocycles. The summed E-state index contributed by atoms with van der Waals surface area (Å²) in [5.41, 5.74) is 8.57. The molecule has 0 bridgehead atoms. The number of benzene rings is 8. The van der Waals surface area contributed by atoms with E-state index in [2.05, 4.69) is 42.0 Å². The van der Waals surface area contributed by atoms with E-state index in [0.29, 0.717) is 169 Å². The number of amides is 17. The third-order valence-corrected chi connectivity index (χ3v) is 28.5. The van der Waals surface area contributed by atoms with Crippen LogP contribution in [0.4, 0.5) is 4.79 Å². The molecule has 0 radical (unpaired) electrons. The van der Waals surface area contributed by atoms with E-state index >= 15 is 0 Å². The number of furan rings is 4. The van der Waals surface area contributed by atoms with Gasteiger partial charge in [0.25, 0.3) is 41.4 Å². The fraction of sp³-hybridized carbons (Fsp3) is 0.291. The van der Waals surface area contributed by atoms with Crippen LogP contribution in [0.15, 0.2) is 193 Å². The minimum Gasteiger partial charge on any atom is -0.497 e. The Labute approximate surface area is 811 Å². The predicted molar refractivity (Wildman–Crippen MR) is 504 cm³/mol. The first-order valence-electron chi connectivity index (χ1n) is 45.9. The van der Waals surface area contributed by atoms with E-state index in [9.17, 15) is 76.7 Å². The number of hydrogen-bond acceptors (Lipinski definition) is 27. The van der Waals surface area contributed by atoms with Gasteiger partial charge < -0.3 is 92.5 Å². The number of oxime groups is 1. The van der Waals surface area contributed by atoms with Crippen molar-refractivity contribution in [3.05, 3.63) is 260 Å². The van der Waals surface area contributed by atoms with Gasteiger partial charge in [0.2, 0.25) is 47.3 Å². The van der Waals surface area contributed by atoms with Crippen LogP contribution in [-0.2, 0) is 96.5 Å². The molecule has 40 heteroatoms. The summed E-state index contributed by atoms with van der Waals surface area (Å²) < 4.78 is 45.3. The Morgan fingerprint density at radius 2 is 0.804 bits per heavy atom. The van der Waals surface area contributed by atoms with Crippen LogP contribution in [0.1, 0.15) is 151 Å². The van der Waals surface area contributed by atoms with Gasteiger partial charge in [0.1, 0.15) is 84.6 Å². The number of imide groups is 4. The van der Waals surface area contributed by atoms with Crippen molar-refractivity contribution in [1.29, 1.82) is 0 Å². The molecule has 4 aromatic heterocycles. The third kappa shape index (κ3) is 16.7. The fourth-order valence-corrected chi connectivity index (χ4v) is 20.4. The molecule has 4 atom stereocenters. The first kappa shape index (κ1) is 93.3. The number of carbonyl (C=O) groups is 16. The number of ether oxygens (including phenoxy) is 4. The number of nitrogens with one attached hydrogen (secondary N) is 6. The monoisotopic (exact) mass is 1940 g/mol. The molecule has 11 aliphatic rings. The van der Waals surface area contributed by atoms with Crippen molar-refractivity contribution in [2.24, 2.45) is 10.9 Å². The zero-order chi connectivity index (χ0) is 100. The molecule has 23 rings (SSSR count). The Kier molecular flexibility index (Phi) is 23.6. The molecule has 730 valence electrons. The van der Waals surface area contributed by atoms with E-state index in [-0.39, 0.29) is 124 Å². The zero-order valence-electron chi connectivity index (χ0n) is 77.8. The van der Waals surface area contributed by atoms with Crippen molar-refractivity contribution in [1.82, 2.24) is 66.2 Å². The van der Waals surface area contributed by atoms with Crippen molar-refractivity contribution in [3.8, 4) is 23.0 Å². The fourth-order valence-electron chi connectivity index (χ4n) is 20.4. The summed E-state index contributed by atoms with van der Waals surface area (Å²) in [6.07, 6.45) is 2.21. The number of urea groups is 1. The quantitative estimate of drug-likeness (QED) is 0.0124. The van der Waals surface area contributed by atoms with Crippen LogP contribution in [0, 0.1) is 0 Å². The second kappa shape index (κ2) is 36.1. The number of carbonyl (C=O) groups excluding carboxylic acids is 16. The standard InChI is InChI=1S/C28H28N4O6.C27H24N4O7.C26H23N3O6.C22H18N4O6/c1-30-7-9-31(10-8-30)25(34)18-4-3-17-12-23(38-22(17)11-18)28(14-24(33)29-27(28)36)16-32-15-19-5-6-20(37-2)13-21(19)26(32)35;1-37-18-5-4-17-12-31(25(35)19(17)10-18)14-27(11-22(32)29-26(27)36)21-9-15-2-3-16(8-20(15)38-21)24(34)30-7-6-28-23(33)13-30;1-34-17-4-2-14-12-29(22(31)18(14)10-17)13-26(11-21(30)28-24(26)33)20-9-15-8-16(3-5-19(15)35-20)25(6-7-25)23(27)32;1-31-15-4-3-13-10-26(19(27)16(13)8-15)11-22(20(28)24-21(29)25-22)18-7-14-6-12(9-23-30)2-5-17(14)32-18/h3-6,11-13H,7-10,14-16H2,1-2H3,(H,29,33,36);2-5,8-10H,6-7,11-14H2,1H3,(H,28,33)(H,29,32,36);2-5,8-10H,6-7,11-13H2,1H3,(H2,27,32)(H,28,30,33);2-9,30H,10-11H2,1H3,(H2,24,25,28,29)/b;;;23-9+/t28-;27-;26-;22-/m1110/s1. The molecule has 6 saturated heterocycles. The lowest BCUT2D eigenvalue weighted by Crippen LogP contribution is -2.52. The smallest absolute Gasteiger partial charge is 0.322 e. The molecule has 17 amide bonds. The maximum atomic E-state index is 13.3. The van der Waals surface area contributed by atoms with E-state index in [1.165, 1.54) is 49.4 Å². The molecular weight excluding hydrogens is 1850 g/mol. The van der Waals surface area contributed by atoms with Gasteiger partial charge in [0, 0.05) is 140 Å². The Bertz CT molecular complexity index is 7540. The van der Waals surface area contributed by atoms with Crippen LogP contribution in [-0.4, -0.2) is 248 Å². The van der Waals surface area contributed by atoms with Gasteiger partial charge >= 0.3 is 6.03 Å². The van der Waals surface area contributed by atoms with E-state index in [1.54, 1.807) is 149 Å². The van der Waals surface area contributed by atoms with E-state index < -0.39 is 74.6 Å². The summed E-state index contributed by atoms with van der Waals surface area (Å²) in [5, 5.41) is 29.2. The Balaban J connectivity index is 0.000000117. The number of methoxy groups -OCH3 is 4. The topological polar surface area (TPSA) is 516 Å². The lowest BCUT2D eigenvalue weighted by Gasteiger charge is -2.32. The van der Waals surface area contributed by atoms with Gasteiger partial charge in [0.05, 0.1) is 72.4 Å². The lowest BCUT2D eigenvalue weighted by atomic mass is 9.82. The van der Waals surface area contributed by atoms with E-state index in [0.717, 1.165) is 40.9 Å². The maximum Gasteiger partial charge on any atom is 0.322 e. The highest BCUT2D eigenvalue weighted by atomic mass is 16.5. The summed E-state index contributed by atoms with van der Waals surface area (Å²) in [6.45, 7) is 4.66. The predicted octanol–water partition coefficient (Wildman–Crippen LogP) is 6.56. The molecule has 7 fully saturated rings. The number of rotatable bonds is 21. The molecule has 10 aliphatic heterocycles. The highest BCUT2D eigenvalue weighted by molar-refractivity contribution is 6.14. The average Bonchev–Trinajstić information content (AvgIpc) is 1.59. The van der Waals surface area contributed by atoms with Crippen molar-refractivity contribution >= 4 is 145 Å². The zero-order valence-corrected chi connectivity index (χ0v) is 77.8. The van der Waals surface area contributed by atoms with Crippen molar-refractivity contribution in [2.45, 2.75) is 85.5 Å². The summed E-state index contributed by atoms with van der Waals surface area (Å²) >= 11 is 0. The van der Waals surface area contributed by atoms with Gasteiger partial charge in [0.15, 0.2) is 5.54 Å². The van der Waals surface area contributed by atoms with Crippen molar-refractivity contribution in [3.63, 3.8) is 0 Å². The van der Waals surface area contributed by atoms with Crippen LogP contribution >= 0.6 is 0 Å². The number of likely N-dealkylation sites (N-methyl/N-ethyl adjacent to an activating group) is 1. The summed E-state index contributed by atoms with van der Waals surface area (Å²) in [6, 6.07) is 47.8. The molecule has 40 nitrogen and oxygen atoms in total. The van der Waals surface area contributed by atoms with Gasteiger partial charge in [-0.1, -0.05) is 47.6 Å². The van der Waals surface area contributed by atoms with E-state index in [4.69, 9.17) is 47.6 Å². The van der Waals surface area contributed by atoms with Gasteiger partial charge in [-0.25, -0.2) is 4.79 Å². The number of piperazine rings is 2. The third-order valence-electron chi connectivity index (χ3n) is 28.5. The van der Waals surface area contributed by atoms with Crippen LogP contribution in [0.5, 0.6) is 23.0 Å². The Hall–Kier alpha value is -17.3. The normalized spacial score (nSPS) is 21.4. The number of nitrogens with zero attached hydrogens (tertiary/aromatic N) is 8.